The van der Waals surface area contributed by atoms with Crippen molar-refractivity contribution in [1.82, 2.24) is 14.7 Å². The van der Waals surface area contributed by atoms with Gasteiger partial charge in [-0.1, -0.05) is 91.0 Å². The van der Waals surface area contributed by atoms with E-state index in [9.17, 15) is 14.0 Å². The van der Waals surface area contributed by atoms with E-state index in [1.165, 1.54) is 23.3 Å². The molecule has 2 aromatic heterocycles. The molecule has 0 aliphatic heterocycles. The summed E-state index contributed by atoms with van der Waals surface area (Å²) >= 11 is 0. The van der Waals surface area contributed by atoms with Crippen molar-refractivity contribution in [2.45, 2.75) is 12.5 Å². The molecule has 7 nitrogen and oxygen atoms in total. The fraction of sp³-hybridized carbons (Fsp3) is 0.0833. The number of furan rings is 1. The summed E-state index contributed by atoms with van der Waals surface area (Å²) in [5.74, 6) is -0.747. The van der Waals surface area contributed by atoms with Crippen molar-refractivity contribution >= 4 is 17.6 Å². The SMILES string of the molecule is O=C(CN(Cc1ccco1)C(=O)C(c1ccccc1)c1ccccc1)Nc1cc(-c2ccccc2)nn1-c1ccc(F)cc1. The van der Waals surface area contributed by atoms with E-state index in [2.05, 4.69) is 5.32 Å². The minimum atomic E-state index is -0.630. The Labute approximate surface area is 254 Å². The van der Waals surface area contributed by atoms with Crippen molar-refractivity contribution in [2.75, 3.05) is 11.9 Å². The minimum Gasteiger partial charge on any atom is -0.467 e. The Balaban J connectivity index is 1.32. The molecule has 44 heavy (non-hydrogen) atoms. The highest BCUT2D eigenvalue weighted by Gasteiger charge is 2.30. The van der Waals surface area contributed by atoms with Crippen molar-refractivity contribution in [1.29, 1.82) is 0 Å². The Morgan fingerprint density at radius 3 is 2.00 bits per heavy atom. The number of benzene rings is 4. The van der Waals surface area contributed by atoms with Crippen LogP contribution in [0.3, 0.4) is 0 Å². The maximum absolute atomic E-state index is 14.3. The van der Waals surface area contributed by atoms with Gasteiger partial charge in [-0.3, -0.25) is 9.59 Å². The van der Waals surface area contributed by atoms with Crippen LogP contribution in [0.1, 0.15) is 22.8 Å². The highest BCUT2D eigenvalue weighted by atomic mass is 19.1. The van der Waals surface area contributed by atoms with Gasteiger partial charge in [-0.05, 0) is 47.5 Å². The zero-order valence-corrected chi connectivity index (χ0v) is 23.7. The number of nitrogens with zero attached hydrogens (tertiary/aromatic N) is 3. The molecule has 2 heterocycles. The molecule has 0 radical (unpaired) electrons. The predicted octanol–water partition coefficient (Wildman–Crippen LogP) is 7.07. The van der Waals surface area contributed by atoms with Crippen molar-refractivity contribution in [3.05, 3.63) is 162 Å². The maximum atomic E-state index is 14.3. The molecule has 0 atom stereocenters. The third-order valence-corrected chi connectivity index (χ3v) is 7.20. The topological polar surface area (TPSA) is 80.4 Å². The molecule has 0 aliphatic rings. The van der Waals surface area contributed by atoms with Crippen LogP contribution in [0.4, 0.5) is 10.2 Å². The van der Waals surface area contributed by atoms with Gasteiger partial charge in [0, 0.05) is 11.6 Å². The molecular weight excluding hydrogens is 555 g/mol. The first-order chi connectivity index (χ1) is 21.5. The summed E-state index contributed by atoms with van der Waals surface area (Å²) in [6, 6.07) is 39.7. The van der Waals surface area contributed by atoms with Crippen molar-refractivity contribution in [3.8, 4) is 16.9 Å². The second kappa shape index (κ2) is 13.0. The first kappa shape index (κ1) is 28.4. The van der Waals surface area contributed by atoms with E-state index in [-0.39, 0.29) is 24.8 Å². The number of anilines is 1. The second-order valence-corrected chi connectivity index (χ2v) is 10.2. The third-order valence-electron chi connectivity index (χ3n) is 7.20. The van der Waals surface area contributed by atoms with E-state index in [0.29, 0.717) is 23.0 Å². The lowest BCUT2D eigenvalue weighted by molar-refractivity contribution is -0.136. The molecule has 0 saturated heterocycles. The monoisotopic (exact) mass is 584 g/mol. The second-order valence-electron chi connectivity index (χ2n) is 10.2. The van der Waals surface area contributed by atoms with E-state index < -0.39 is 11.8 Å². The number of carbonyl (C=O) groups excluding carboxylic acids is 2. The minimum absolute atomic E-state index is 0.0991. The van der Waals surface area contributed by atoms with Gasteiger partial charge >= 0.3 is 0 Å². The van der Waals surface area contributed by atoms with Gasteiger partial charge in [-0.15, -0.1) is 0 Å². The van der Waals surface area contributed by atoms with Crippen LogP contribution >= 0.6 is 0 Å². The number of amides is 2. The summed E-state index contributed by atoms with van der Waals surface area (Å²) in [4.78, 5) is 29.5. The molecule has 0 fully saturated rings. The van der Waals surface area contributed by atoms with Crippen LogP contribution in [0.15, 0.2) is 144 Å². The maximum Gasteiger partial charge on any atom is 0.245 e. The molecule has 0 saturated carbocycles. The summed E-state index contributed by atoms with van der Waals surface area (Å²) in [7, 11) is 0. The summed E-state index contributed by atoms with van der Waals surface area (Å²) in [6.45, 7) is -0.146. The number of carbonyl (C=O) groups is 2. The zero-order chi connectivity index (χ0) is 30.3. The van der Waals surface area contributed by atoms with E-state index in [1.54, 1.807) is 35.0 Å². The molecule has 6 rings (SSSR count). The molecule has 0 aliphatic carbocycles. The molecule has 218 valence electrons. The number of hydrogen-bond donors (Lipinski definition) is 1. The normalized spacial score (nSPS) is 11.0. The van der Waals surface area contributed by atoms with Crippen LogP contribution in [0.25, 0.3) is 16.9 Å². The number of hydrogen-bond acceptors (Lipinski definition) is 4. The Morgan fingerprint density at radius 1 is 0.795 bits per heavy atom. The zero-order valence-electron chi connectivity index (χ0n) is 23.7. The van der Waals surface area contributed by atoms with Crippen LogP contribution in [0.2, 0.25) is 0 Å². The van der Waals surface area contributed by atoms with Crippen molar-refractivity contribution < 1.29 is 18.4 Å². The van der Waals surface area contributed by atoms with E-state index >= 15 is 0 Å². The van der Waals surface area contributed by atoms with Crippen molar-refractivity contribution in [3.63, 3.8) is 0 Å². The number of halogens is 1. The fourth-order valence-corrected chi connectivity index (χ4v) is 5.11. The van der Waals surface area contributed by atoms with Crippen LogP contribution in [-0.4, -0.2) is 33.0 Å². The molecule has 6 aromatic rings. The lowest BCUT2D eigenvalue weighted by atomic mass is 9.90. The number of aromatic nitrogens is 2. The molecular formula is C36H29FN4O3. The van der Waals surface area contributed by atoms with Gasteiger partial charge in [0.05, 0.1) is 30.1 Å². The Morgan fingerprint density at radius 2 is 1.41 bits per heavy atom. The van der Waals surface area contributed by atoms with E-state index in [4.69, 9.17) is 9.52 Å². The summed E-state index contributed by atoms with van der Waals surface area (Å²) in [5, 5.41) is 7.64. The van der Waals surface area contributed by atoms with Crippen LogP contribution < -0.4 is 5.32 Å². The lowest BCUT2D eigenvalue weighted by Crippen LogP contribution is -2.40. The lowest BCUT2D eigenvalue weighted by Gasteiger charge is -2.27. The summed E-state index contributed by atoms with van der Waals surface area (Å²) in [6.07, 6.45) is 1.54. The van der Waals surface area contributed by atoms with Gasteiger partial charge < -0.3 is 14.6 Å². The predicted molar refractivity (Wildman–Crippen MR) is 166 cm³/mol. The fourth-order valence-electron chi connectivity index (χ4n) is 5.11. The van der Waals surface area contributed by atoms with Gasteiger partial charge in [0.2, 0.25) is 11.8 Å². The highest BCUT2D eigenvalue weighted by molar-refractivity contribution is 5.96. The quantitative estimate of drug-likeness (QED) is 0.187. The number of rotatable bonds is 10. The third kappa shape index (κ3) is 6.50. The highest BCUT2D eigenvalue weighted by Crippen LogP contribution is 2.29. The Kier molecular flexibility index (Phi) is 8.41. The van der Waals surface area contributed by atoms with Gasteiger partial charge in [0.1, 0.15) is 23.9 Å². The summed E-state index contributed by atoms with van der Waals surface area (Å²) < 4.78 is 20.8. The van der Waals surface area contributed by atoms with Gasteiger partial charge in [-0.2, -0.15) is 5.10 Å². The van der Waals surface area contributed by atoms with Gasteiger partial charge in [0.15, 0.2) is 0 Å². The van der Waals surface area contributed by atoms with Crippen LogP contribution in [0, 0.1) is 5.82 Å². The number of nitrogens with one attached hydrogen (secondary N) is 1. The summed E-state index contributed by atoms with van der Waals surface area (Å²) in [5.41, 5.74) is 3.68. The largest absolute Gasteiger partial charge is 0.467 e. The molecule has 0 spiro atoms. The van der Waals surface area contributed by atoms with Gasteiger partial charge in [-0.25, -0.2) is 9.07 Å². The van der Waals surface area contributed by atoms with E-state index in [1.807, 2.05) is 91.0 Å². The average molecular weight is 585 g/mol. The average Bonchev–Trinajstić information content (AvgIpc) is 3.73. The molecule has 0 bridgehead atoms. The van der Waals surface area contributed by atoms with E-state index in [0.717, 1.165) is 16.7 Å². The first-order valence-electron chi connectivity index (χ1n) is 14.2. The van der Waals surface area contributed by atoms with Gasteiger partial charge in [0.25, 0.3) is 0 Å². The smallest absolute Gasteiger partial charge is 0.245 e. The van der Waals surface area contributed by atoms with Crippen molar-refractivity contribution in [2.24, 2.45) is 0 Å². The molecule has 4 aromatic carbocycles. The van der Waals surface area contributed by atoms with Crippen LogP contribution in [0.5, 0.6) is 0 Å². The Hall–Kier alpha value is -5.76. The molecule has 1 N–H and O–H groups in total. The molecule has 2 amide bonds. The first-order valence-corrected chi connectivity index (χ1v) is 14.2. The molecule has 8 heteroatoms. The Bertz CT molecular complexity index is 1780. The van der Waals surface area contributed by atoms with Crippen LogP contribution in [-0.2, 0) is 16.1 Å². The standard InChI is InChI=1S/C36H29FN4O3/c37-29-18-20-30(21-19-29)41-33(23-32(39-41)26-11-4-1-5-12-26)38-34(42)25-40(24-31-17-10-22-44-31)36(43)35(27-13-6-2-7-14-27)28-15-8-3-9-16-28/h1-23,35H,24-25H2,(H,38,42). The molecule has 0 unspecified atom stereocenters.